The zero-order chi connectivity index (χ0) is 25.2. The van der Waals surface area contributed by atoms with E-state index in [1.54, 1.807) is 24.3 Å². The molecule has 0 radical (unpaired) electrons. The van der Waals surface area contributed by atoms with Crippen LogP contribution in [0, 0.1) is 10.1 Å². The van der Waals surface area contributed by atoms with Gasteiger partial charge in [0.05, 0.1) is 21.0 Å². The number of benzene rings is 3. The van der Waals surface area contributed by atoms with Crippen LogP contribution in [0.3, 0.4) is 0 Å². The highest BCUT2D eigenvalue weighted by molar-refractivity contribution is 9.10. The number of carbonyl (C=O) groups is 1. The first-order valence-electron chi connectivity index (χ1n) is 9.94. The summed E-state index contributed by atoms with van der Waals surface area (Å²) in [6.07, 6.45) is 0. The second kappa shape index (κ2) is 9.64. The summed E-state index contributed by atoms with van der Waals surface area (Å²) in [5.41, 5.74) is 0.115. The summed E-state index contributed by atoms with van der Waals surface area (Å²) in [5.74, 6) is -1.28. The smallest absolute Gasteiger partial charge is 0.285 e. The second-order valence-electron chi connectivity index (χ2n) is 7.21. The van der Waals surface area contributed by atoms with Crippen LogP contribution in [0.5, 0.6) is 5.88 Å². The summed E-state index contributed by atoms with van der Waals surface area (Å²) < 4.78 is 28.1. The van der Waals surface area contributed by atoms with Gasteiger partial charge in [-0.05, 0) is 36.4 Å². The van der Waals surface area contributed by atoms with Gasteiger partial charge in [-0.3, -0.25) is 19.2 Å². The Morgan fingerprint density at radius 1 is 1.09 bits per heavy atom. The number of aromatic nitrogens is 1. The number of amides is 1. The van der Waals surface area contributed by atoms with Crippen LogP contribution in [0.2, 0.25) is 0 Å². The molecule has 3 aromatic carbocycles. The minimum Gasteiger partial charge on any atom is -0.493 e. The van der Waals surface area contributed by atoms with Crippen LogP contribution in [0.15, 0.2) is 92.4 Å². The lowest BCUT2D eigenvalue weighted by Crippen LogP contribution is -2.35. The molecule has 0 aliphatic heterocycles. The van der Waals surface area contributed by atoms with Gasteiger partial charge in [0.15, 0.2) is 5.69 Å². The largest absolute Gasteiger partial charge is 0.493 e. The molecule has 1 aromatic heterocycles. The summed E-state index contributed by atoms with van der Waals surface area (Å²) in [5, 5.41) is 29.3. The van der Waals surface area contributed by atoms with E-state index >= 15 is 0 Å². The number of halogens is 1. The number of hydrogen-bond acceptors (Lipinski definition) is 7. The van der Waals surface area contributed by atoms with E-state index < -0.39 is 27.4 Å². The van der Waals surface area contributed by atoms with Crippen molar-refractivity contribution < 1.29 is 23.2 Å². The van der Waals surface area contributed by atoms with E-state index in [0.717, 1.165) is 10.4 Å². The van der Waals surface area contributed by atoms with Crippen molar-refractivity contribution in [2.24, 2.45) is 10.2 Å². The number of H-pyrrole nitrogens is 1. The summed E-state index contributed by atoms with van der Waals surface area (Å²) in [6.45, 7) is -0.783. The lowest BCUT2D eigenvalue weighted by Gasteiger charge is -2.22. The number of nitro groups is 1. The average Bonchev–Trinajstić information content (AvgIpc) is 3.15. The minimum atomic E-state index is -4.29. The Hall–Kier alpha value is -4.10. The number of aromatic amines is 1. The number of sulfonamides is 1. The third kappa shape index (κ3) is 5.05. The molecule has 0 bridgehead atoms. The molecule has 0 saturated carbocycles. The van der Waals surface area contributed by atoms with Crippen LogP contribution < -0.4 is 4.31 Å². The molecule has 0 aliphatic rings. The number of nitrogens with one attached hydrogen (secondary N) is 1. The van der Waals surface area contributed by atoms with E-state index in [1.807, 2.05) is 0 Å². The zero-order valence-corrected chi connectivity index (χ0v) is 20.1. The van der Waals surface area contributed by atoms with Crippen molar-refractivity contribution in [2.75, 3.05) is 10.8 Å². The zero-order valence-electron chi connectivity index (χ0n) is 17.7. The predicted molar refractivity (Wildman–Crippen MR) is 131 cm³/mol. The standard InChI is InChI=1S/C22H16BrN5O6S/c23-14-9-10-19-18(11-14)21(22(30)24-19)26-25-20(29)13-27(15-5-4-6-16(12-15)28(31)32)35(33,34)17-7-2-1-3-8-17/h1-12,24,30H,13H2. The molecule has 35 heavy (non-hydrogen) atoms. The third-order valence-electron chi connectivity index (χ3n) is 4.91. The summed E-state index contributed by atoms with van der Waals surface area (Å²) >= 11 is 3.32. The second-order valence-corrected chi connectivity index (χ2v) is 9.99. The predicted octanol–water partition coefficient (Wildman–Crippen LogP) is 5.05. The molecule has 1 heterocycles. The maximum atomic E-state index is 13.3. The molecule has 1 amide bonds. The Morgan fingerprint density at radius 2 is 1.83 bits per heavy atom. The lowest BCUT2D eigenvalue weighted by molar-refractivity contribution is -0.384. The highest BCUT2D eigenvalue weighted by Crippen LogP contribution is 2.37. The number of aromatic hydroxyl groups is 1. The van der Waals surface area contributed by atoms with E-state index in [-0.39, 0.29) is 27.8 Å². The fraction of sp³-hybridized carbons (Fsp3) is 0.0455. The fourth-order valence-electron chi connectivity index (χ4n) is 3.29. The molecule has 4 aromatic rings. The van der Waals surface area contributed by atoms with Gasteiger partial charge in [0.2, 0.25) is 5.88 Å². The molecule has 0 fully saturated rings. The molecule has 0 saturated heterocycles. The number of nitrogens with zero attached hydrogens (tertiary/aromatic N) is 4. The maximum Gasteiger partial charge on any atom is 0.285 e. The first-order valence-corrected chi connectivity index (χ1v) is 12.2. The van der Waals surface area contributed by atoms with Gasteiger partial charge in [-0.2, -0.15) is 0 Å². The van der Waals surface area contributed by atoms with Crippen molar-refractivity contribution in [3.8, 4) is 5.88 Å². The van der Waals surface area contributed by atoms with Gasteiger partial charge in [-0.15, -0.1) is 10.2 Å². The van der Waals surface area contributed by atoms with E-state index in [0.29, 0.717) is 15.4 Å². The molecule has 0 atom stereocenters. The van der Waals surface area contributed by atoms with Crippen molar-refractivity contribution in [1.82, 2.24) is 4.98 Å². The molecule has 178 valence electrons. The topological polar surface area (TPSA) is 158 Å². The summed E-state index contributed by atoms with van der Waals surface area (Å²) in [4.78, 5) is 25.9. The highest BCUT2D eigenvalue weighted by atomic mass is 79.9. The molecule has 11 nitrogen and oxygen atoms in total. The van der Waals surface area contributed by atoms with Gasteiger partial charge >= 0.3 is 0 Å². The SMILES string of the molecule is O=C(CN(c1cccc([N+](=O)[O-])c1)S(=O)(=O)c1ccccc1)N=Nc1c(O)[nH]c2ccc(Br)cc12. The number of carbonyl (C=O) groups excluding carboxylic acids is 1. The Balaban J connectivity index is 1.71. The number of anilines is 1. The van der Waals surface area contributed by atoms with Crippen molar-refractivity contribution in [3.05, 3.63) is 87.4 Å². The third-order valence-corrected chi connectivity index (χ3v) is 7.20. The lowest BCUT2D eigenvalue weighted by atomic mass is 10.2. The molecule has 0 aliphatic carbocycles. The Bertz CT molecular complexity index is 1570. The Morgan fingerprint density at radius 3 is 2.54 bits per heavy atom. The van der Waals surface area contributed by atoms with Crippen molar-refractivity contribution in [3.63, 3.8) is 0 Å². The van der Waals surface area contributed by atoms with Crippen molar-refractivity contribution in [2.45, 2.75) is 4.90 Å². The monoisotopic (exact) mass is 557 g/mol. The Labute approximate surface area is 207 Å². The number of nitro benzene ring substituents is 1. The quantitative estimate of drug-likeness (QED) is 0.184. The van der Waals surface area contributed by atoms with Gasteiger partial charge in [0.25, 0.3) is 21.6 Å². The van der Waals surface area contributed by atoms with Gasteiger partial charge < -0.3 is 10.1 Å². The van der Waals surface area contributed by atoms with Gasteiger partial charge in [-0.1, -0.05) is 40.2 Å². The van der Waals surface area contributed by atoms with Crippen molar-refractivity contribution in [1.29, 1.82) is 0 Å². The molecule has 4 rings (SSSR count). The van der Waals surface area contributed by atoms with Crippen LogP contribution in [0.4, 0.5) is 17.1 Å². The van der Waals surface area contributed by atoms with Crippen molar-refractivity contribution >= 4 is 59.8 Å². The van der Waals surface area contributed by atoms with Gasteiger partial charge in [0, 0.05) is 22.0 Å². The van der Waals surface area contributed by atoms with Crippen LogP contribution in [0.1, 0.15) is 0 Å². The van der Waals surface area contributed by atoms with Gasteiger partial charge in [0.1, 0.15) is 6.54 Å². The molecular formula is C22H16BrN5O6S. The summed E-state index contributed by atoms with van der Waals surface area (Å²) in [6, 6.07) is 17.3. The maximum absolute atomic E-state index is 13.3. The number of azo groups is 1. The molecular weight excluding hydrogens is 542 g/mol. The van der Waals surface area contributed by atoms with Crippen LogP contribution in [-0.2, 0) is 14.8 Å². The fourth-order valence-corrected chi connectivity index (χ4v) is 5.08. The van der Waals surface area contributed by atoms with Crippen LogP contribution >= 0.6 is 15.9 Å². The van der Waals surface area contributed by atoms with E-state index in [1.165, 1.54) is 42.5 Å². The number of hydrogen-bond donors (Lipinski definition) is 2. The van der Waals surface area contributed by atoms with Crippen LogP contribution in [0.25, 0.3) is 10.9 Å². The average molecular weight is 558 g/mol. The number of rotatable bonds is 7. The number of non-ortho nitro benzene ring substituents is 1. The number of fused-ring (bicyclic) bond motifs is 1. The van der Waals surface area contributed by atoms with Crippen LogP contribution in [-0.4, -0.2) is 35.9 Å². The Kier molecular flexibility index (Phi) is 6.62. The minimum absolute atomic E-state index is 0.00228. The summed E-state index contributed by atoms with van der Waals surface area (Å²) in [7, 11) is -4.29. The first-order chi connectivity index (χ1) is 16.7. The molecule has 0 spiro atoms. The van der Waals surface area contributed by atoms with E-state index in [9.17, 15) is 28.4 Å². The van der Waals surface area contributed by atoms with E-state index in [4.69, 9.17) is 0 Å². The molecule has 13 heteroatoms. The first kappa shape index (κ1) is 24.0. The highest BCUT2D eigenvalue weighted by Gasteiger charge is 2.28. The molecule has 0 unspecified atom stereocenters. The molecule has 2 N–H and O–H groups in total. The normalized spacial score (nSPS) is 11.7. The van der Waals surface area contributed by atoms with Gasteiger partial charge in [-0.25, -0.2) is 8.42 Å². The van der Waals surface area contributed by atoms with E-state index in [2.05, 4.69) is 31.1 Å².